The van der Waals surface area contributed by atoms with Crippen molar-refractivity contribution in [1.29, 1.82) is 0 Å². The van der Waals surface area contributed by atoms with E-state index in [1.807, 2.05) is 24.0 Å². The third kappa shape index (κ3) is 4.28. The SMILES string of the molecule is Cc1ccc(CC(C)N(C)C(=O)c2ccn(C3CCCNC3)n2)cc1. The van der Waals surface area contributed by atoms with Gasteiger partial charge in [0, 0.05) is 25.8 Å². The van der Waals surface area contributed by atoms with Crippen LogP contribution in [0.5, 0.6) is 0 Å². The summed E-state index contributed by atoms with van der Waals surface area (Å²) in [5.74, 6) is -0.0119. The molecule has 0 spiro atoms. The number of piperidine rings is 1. The minimum Gasteiger partial charge on any atom is -0.337 e. The lowest BCUT2D eigenvalue weighted by atomic mass is 10.0. The number of amides is 1. The standard InChI is InChI=1S/C20H28N4O/c1-15-6-8-17(9-7-15)13-16(2)23(3)20(25)19-10-12-24(22-19)18-5-4-11-21-14-18/h6-10,12,16,18,21H,4-5,11,13-14H2,1-3H3. The first kappa shape index (κ1) is 17.7. The highest BCUT2D eigenvalue weighted by molar-refractivity contribution is 5.92. The molecule has 25 heavy (non-hydrogen) atoms. The van der Waals surface area contributed by atoms with Crippen molar-refractivity contribution in [3.05, 3.63) is 53.3 Å². The Morgan fingerprint density at radius 2 is 2.12 bits per heavy atom. The molecule has 1 amide bonds. The van der Waals surface area contributed by atoms with Gasteiger partial charge in [-0.25, -0.2) is 0 Å². The van der Waals surface area contributed by atoms with Crippen LogP contribution in [0.3, 0.4) is 0 Å². The Hall–Kier alpha value is -2.14. The van der Waals surface area contributed by atoms with E-state index >= 15 is 0 Å². The van der Waals surface area contributed by atoms with Gasteiger partial charge in [0.15, 0.2) is 0 Å². The summed E-state index contributed by atoms with van der Waals surface area (Å²) < 4.78 is 1.94. The lowest BCUT2D eigenvalue weighted by Gasteiger charge is -2.25. The lowest BCUT2D eigenvalue weighted by Crippen LogP contribution is -2.37. The highest BCUT2D eigenvalue weighted by Crippen LogP contribution is 2.17. The van der Waals surface area contributed by atoms with Crippen LogP contribution in [0, 0.1) is 6.92 Å². The van der Waals surface area contributed by atoms with Gasteiger partial charge >= 0.3 is 0 Å². The number of benzene rings is 1. The van der Waals surface area contributed by atoms with E-state index in [-0.39, 0.29) is 11.9 Å². The molecular weight excluding hydrogens is 312 g/mol. The van der Waals surface area contributed by atoms with E-state index in [1.165, 1.54) is 11.1 Å². The van der Waals surface area contributed by atoms with Gasteiger partial charge in [-0.3, -0.25) is 9.48 Å². The lowest BCUT2D eigenvalue weighted by molar-refractivity contribution is 0.0736. The van der Waals surface area contributed by atoms with Gasteiger partial charge in [0.2, 0.25) is 0 Å². The largest absolute Gasteiger partial charge is 0.337 e. The summed E-state index contributed by atoms with van der Waals surface area (Å²) in [6.45, 7) is 6.17. The second-order valence-electron chi connectivity index (χ2n) is 7.14. The van der Waals surface area contributed by atoms with Crippen molar-refractivity contribution in [1.82, 2.24) is 20.0 Å². The number of likely N-dealkylation sites (N-methyl/N-ethyl adjacent to an activating group) is 1. The average Bonchev–Trinajstić information content (AvgIpc) is 3.13. The quantitative estimate of drug-likeness (QED) is 0.910. The predicted molar refractivity (Wildman–Crippen MR) is 99.8 cm³/mol. The number of aryl methyl sites for hydroxylation is 1. The number of aromatic nitrogens is 2. The van der Waals surface area contributed by atoms with Crippen molar-refractivity contribution >= 4 is 5.91 Å². The van der Waals surface area contributed by atoms with Gasteiger partial charge in [0.1, 0.15) is 5.69 Å². The Bertz CT molecular complexity index is 701. The Morgan fingerprint density at radius 1 is 1.36 bits per heavy atom. The molecule has 5 nitrogen and oxygen atoms in total. The van der Waals surface area contributed by atoms with E-state index in [1.54, 1.807) is 4.90 Å². The van der Waals surface area contributed by atoms with Crippen molar-refractivity contribution < 1.29 is 4.79 Å². The maximum atomic E-state index is 12.8. The van der Waals surface area contributed by atoms with Crippen molar-refractivity contribution in [3.63, 3.8) is 0 Å². The minimum atomic E-state index is -0.0119. The van der Waals surface area contributed by atoms with Gasteiger partial charge in [0.05, 0.1) is 6.04 Å². The molecule has 1 aliphatic rings. The molecule has 5 heteroatoms. The third-order valence-corrected chi connectivity index (χ3v) is 5.11. The van der Waals surface area contributed by atoms with E-state index in [0.717, 1.165) is 32.4 Å². The Kier molecular flexibility index (Phi) is 5.53. The van der Waals surface area contributed by atoms with Crippen molar-refractivity contribution in [2.75, 3.05) is 20.1 Å². The average molecular weight is 340 g/mol. The summed E-state index contributed by atoms with van der Waals surface area (Å²) in [7, 11) is 1.86. The minimum absolute atomic E-state index is 0.0119. The van der Waals surface area contributed by atoms with Crippen LogP contribution in [0.2, 0.25) is 0 Å². The van der Waals surface area contributed by atoms with Crippen LogP contribution in [0.15, 0.2) is 36.5 Å². The van der Waals surface area contributed by atoms with Crippen LogP contribution in [-0.2, 0) is 6.42 Å². The van der Waals surface area contributed by atoms with Gasteiger partial charge in [-0.05, 0) is 51.3 Å². The first-order valence-electron chi connectivity index (χ1n) is 9.13. The maximum absolute atomic E-state index is 12.8. The summed E-state index contributed by atoms with van der Waals surface area (Å²) >= 11 is 0. The molecule has 0 aliphatic carbocycles. The van der Waals surface area contributed by atoms with Crippen LogP contribution in [-0.4, -0.2) is 46.8 Å². The molecule has 3 rings (SSSR count). The van der Waals surface area contributed by atoms with Gasteiger partial charge < -0.3 is 10.2 Å². The van der Waals surface area contributed by atoms with Gasteiger partial charge in [-0.1, -0.05) is 29.8 Å². The fourth-order valence-electron chi connectivity index (χ4n) is 3.30. The van der Waals surface area contributed by atoms with Gasteiger partial charge in [-0.2, -0.15) is 5.10 Å². The number of nitrogens with zero attached hydrogens (tertiary/aromatic N) is 3. The van der Waals surface area contributed by atoms with E-state index in [4.69, 9.17) is 0 Å². The fraction of sp³-hybridized carbons (Fsp3) is 0.500. The molecule has 1 aliphatic heterocycles. The number of nitrogens with one attached hydrogen (secondary N) is 1. The third-order valence-electron chi connectivity index (χ3n) is 5.11. The normalized spacial score (nSPS) is 18.8. The topological polar surface area (TPSA) is 50.2 Å². The molecule has 2 atom stereocenters. The summed E-state index contributed by atoms with van der Waals surface area (Å²) in [6, 6.07) is 10.8. The van der Waals surface area contributed by atoms with Crippen molar-refractivity contribution in [3.8, 4) is 0 Å². The Morgan fingerprint density at radius 3 is 2.80 bits per heavy atom. The summed E-state index contributed by atoms with van der Waals surface area (Å²) in [5, 5.41) is 7.93. The molecule has 2 heterocycles. The highest BCUT2D eigenvalue weighted by Gasteiger charge is 2.22. The molecule has 1 fully saturated rings. The molecule has 1 aromatic carbocycles. The number of carbonyl (C=O) groups is 1. The van der Waals surface area contributed by atoms with Gasteiger partial charge in [0.25, 0.3) is 5.91 Å². The van der Waals surface area contributed by atoms with E-state index in [9.17, 15) is 4.79 Å². The summed E-state index contributed by atoms with van der Waals surface area (Å²) in [5.41, 5.74) is 3.03. The van der Waals surface area contributed by atoms with E-state index < -0.39 is 0 Å². The van der Waals surface area contributed by atoms with Crippen molar-refractivity contribution in [2.24, 2.45) is 0 Å². The smallest absolute Gasteiger partial charge is 0.274 e. The molecule has 0 bridgehead atoms. The fourth-order valence-corrected chi connectivity index (χ4v) is 3.30. The molecule has 0 radical (unpaired) electrons. The van der Waals surface area contributed by atoms with Crippen LogP contribution >= 0.6 is 0 Å². The van der Waals surface area contributed by atoms with Crippen LogP contribution < -0.4 is 5.32 Å². The monoisotopic (exact) mass is 340 g/mol. The molecule has 0 saturated carbocycles. The number of rotatable bonds is 5. The molecule has 1 aromatic heterocycles. The zero-order valence-electron chi connectivity index (χ0n) is 15.4. The molecular formula is C20H28N4O. The van der Waals surface area contributed by atoms with Crippen LogP contribution in [0.1, 0.15) is 47.4 Å². The Balaban J connectivity index is 1.63. The summed E-state index contributed by atoms with van der Waals surface area (Å²) in [6.07, 6.45) is 5.04. The first-order chi connectivity index (χ1) is 12.0. The number of hydrogen-bond acceptors (Lipinski definition) is 3. The van der Waals surface area contributed by atoms with Gasteiger partial charge in [-0.15, -0.1) is 0 Å². The molecule has 2 aromatic rings. The predicted octanol–water partition coefficient (Wildman–Crippen LogP) is 2.82. The maximum Gasteiger partial charge on any atom is 0.274 e. The summed E-state index contributed by atoms with van der Waals surface area (Å²) in [4.78, 5) is 14.6. The van der Waals surface area contributed by atoms with Crippen LogP contribution in [0.25, 0.3) is 0 Å². The molecule has 1 N–H and O–H groups in total. The second-order valence-corrected chi connectivity index (χ2v) is 7.14. The molecule has 2 unspecified atom stereocenters. The second kappa shape index (κ2) is 7.83. The van der Waals surface area contributed by atoms with E-state index in [2.05, 4.69) is 48.5 Å². The van der Waals surface area contributed by atoms with Crippen molar-refractivity contribution in [2.45, 2.75) is 45.2 Å². The first-order valence-corrected chi connectivity index (χ1v) is 9.13. The highest BCUT2D eigenvalue weighted by atomic mass is 16.2. The molecule has 134 valence electrons. The Labute approximate surface area is 150 Å². The zero-order valence-corrected chi connectivity index (χ0v) is 15.4. The zero-order chi connectivity index (χ0) is 17.8. The number of carbonyl (C=O) groups excluding carboxylic acids is 1. The number of hydrogen-bond donors (Lipinski definition) is 1. The van der Waals surface area contributed by atoms with Crippen LogP contribution in [0.4, 0.5) is 0 Å². The van der Waals surface area contributed by atoms with E-state index in [0.29, 0.717) is 11.7 Å². The molecule has 1 saturated heterocycles.